The second-order valence-electron chi connectivity index (χ2n) is 2.41. The Morgan fingerprint density at radius 1 is 1.33 bits per heavy atom. The van der Waals surface area contributed by atoms with Crippen LogP contribution in [0.2, 0.25) is 0 Å². The third-order valence-electron chi connectivity index (χ3n) is 1.68. The van der Waals surface area contributed by atoms with E-state index in [0.29, 0.717) is 5.65 Å². The van der Waals surface area contributed by atoms with Gasteiger partial charge in [-0.15, -0.1) is 0 Å². The Balaban J connectivity index is 0.000000531. The number of aromatic amines is 1. The molecule has 0 aromatic carbocycles. The number of nitrogens with zero attached hydrogens (tertiary/aromatic N) is 3. The van der Waals surface area contributed by atoms with E-state index in [-0.39, 0.29) is 0 Å². The van der Waals surface area contributed by atoms with Gasteiger partial charge in [-0.1, -0.05) is 25.6 Å². The van der Waals surface area contributed by atoms with Crippen LogP contribution in [-0.2, 0) is 0 Å². The number of aromatic nitrogens is 4. The van der Waals surface area contributed by atoms with Crippen molar-refractivity contribution >= 4 is 28.7 Å². The maximum absolute atomic E-state index is 4.28. The summed E-state index contributed by atoms with van der Waals surface area (Å²) in [4.78, 5) is 15.6. The molecule has 82 valence electrons. The molecule has 0 spiro atoms. The summed E-state index contributed by atoms with van der Waals surface area (Å²) in [6, 6.07) is 0. The number of thioether (sulfide) groups is 1. The van der Waals surface area contributed by atoms with Crippen molar-refractivity contribution in [2.75, 3.05) is 18.6 Å². The SMILES string of the molecule is CC.CNc1nc(SC)nc2nc[nH]c12. The number of fused-ring (bicyclic) bond motifs is 1. The first-order chi connectivity index (χ1) is 7.35. The average Bonchev–Trinajstić information content (AvgIpc) is 2.78. The fourth-order valence-corrected chi connectivity index (χ4v) is 1.45. The van der Waals surface area contributed by atoms with Crippen molar-refractivity contribution in [2.24, 2.45) is 0 Å². The largest absolute Gasteiger partial charge is 0.371 e. The predicted octanol–water partition coefficient (Wildman–Crippen LogP) is 2.14. The minimum Gasteiger partial charge on any atom is -0.371 e. The number of hydrogen-bond donors (Lipinski definition) is 2. The second kappa shape index (κ2) is 5.55. The monoisotopic (exact) mass is 225 g/mol. The molecular formula is C9H15N5S. The molecule has 6 heteroatoms. The molecule has 15 heavy (non-hydrogen) atoms. The Labute approximate surface area is 93.1 Å². The van der Waals surface area contributed by atoms with Gasteiger partial charge >= 0.3 is 0 Å². The quantitative estimate of drug-likeness (QED) is 0.605. The predicted molar refractivity (Wildman–Crippen MR) is 64.4 cm³/mol. The van der Waals surface area contributed by atoms with Crippen LogP contribution >= 0.6 is 11.8 Å². The minimum atomic E-state index is 0.698. The first-order valence-corrected chi connectivity index (χ1v) is 6.00. The average molecular weight is 225 g/mol. The summed E-state index contributed by atoms with van der Waals surface area (Å²) >= 11 is 1.50. The number of hydrogen-bond acceptors (Lipinski definition) is 5. The first kappa shape index (κ1) is 11.8. The van der Waals surface area contributed by atoms with Gasteiger partial charge in [0.1, 0.15) is 5.52 Å². The van der Waals surface area contributed by atoms with E-state index in [9.17, 15) is 0 Å². The summed E-state index contributed by atoms with van der Waals surface area (Å²) in [7, 11) is 1.83. The molecule has 5 nitrogen and oxygen atoms in total. The van der Waals surface area contributed by atoms with Gasteiger partial charge < -0.3 is 10.3 Å². The molecular weight excluding hydrogens is 210 g/mol. The summed E-state index contributed by atoms with van der Waals surface area (Å²) in [6.07, 6.45) is 3.55. The fourth-order valence-electron chi connectivity index (χ4n) is 1.09. The lowest BCUT2D eigenvalue weighted by Gasteiger charge is -2.01. The van der Waals surface area contributed by atoms with E-state index in [2.05, 4.69) is 25.3 Å². The number of rotatable bonds is 2. The number of imidazole rings is 1. The third kappa shape index (κ3) is 2.38. The van der Waals surface area contributed by atoms with Crippen LogP contribution in [0.1, 0.15) is 13.8 Å². The van der Waals surface area contributed by atoms with Gasteiger partial charge in [0, 0.05) is 7.05 Å². The summed E-state index contributed by atoms with van der Waals surface area (Å²) in [5.74, 6) is 0.784. The normalized spacial score (nSPS) is 9.60. The lowest BCUT2D eigenvalue weighted by molar-refractivity contribution is 0.998. The van der Waals surface area contributed by atoms with Crippen LogP contribution in [0.4, 0.5) is 5.82 Å². The van der Waals surface area contributed by atoms with Crippen LogP contribution in [0.15, 0.2) is 11.5 Å². The molecule has 0 aliphatic heterocycles. The summed E-state index contributed by atoms with van der Waals surface area (Å²) in [6.45, 7) is 4.00. The minimum absolute atomic E-state index is 0.698. The number of H-pyrrole nitrogens is 1. The molecule has 0 amide bonds. The number of anilines is 1. The Kier molecular flexibility index (Phi) is 4.36. The van der Waals surface area contributed by atoms with Gasteiger partial charge in [-0.3, -0.25) is 0 Å². The molecule has 0 unspecified atom stereocenters. The van der Waals surface area contributed by atoms with Crippen molar-refractivity contribution in [3.63, 3.8) is 0 Å². The molecule has 0 aliphatic rings. The van der Waals surface area contributed by atoms with Crippen LogP contribution in [0.25, 0.3) is 11.2 Å². The Hall–Kier alpha value is -1.30. The van der Waals surface area contributed by atoms with Gasteiger partial charge in [0.2, 0.25) is 0 Å². The summed E-state index contributed by atoms with van der Waals surface area (Å²) < 4.78 is 0. The molecule has 2 rings (SSSR count). The van der Waals surface area contributed by atoms with Crippen molar-refractivity contribution in [3.05, 3.63) is 6.33 Å². The molecule has 0 aliphatic carbocycles. The zero-order valence-electron chi connectivity index (χ0n) is 9.33. The molecule has 2 aromatic rings. The van der Waals surface area contributed by atoms with Crippen molar-refractivity contribution in [1.82, 2.24) is 19.9 Å². The third-order valence-corrected chi connectivity index (χ3v) is 2.23. The highest BCUT2D eigenvalue weighted by atomic mass is 32.2. The van der Waals surface area contributed by atoms with Crippen LogP contribution in [0.5, 0.6) is 0 Å². The van der Waals surface area contributed by atoms with E-state index < -0.39 is 0 Å². The zero-order chi connectivity index (χ0) is 11.3. The Morgan fingerprint density at radius 3 is 2.67 bits per heavy atom. The molecule has 0 saturated carbocycles. The van der Waals surface area contributed by atoms with Gasteiger partial charge in [-0.25, -0.2) is 15.0 Å². The lowest BCUT2D eigenvalue weighted by atomic mass is 10.5. The molecule has 2 heterocycles. The van der Waals surface area contributed by atoms with Crippen molar-refractivity contribution in [3.8, 4) is 0 Å². The molecule has 0 atom stereocenters. The van der Waals surface area contributed by atoms with E-state index in [0.717, 1.165) is 16.5 Å². The maximum atomic E-state index is 4.28. The van der Waals surface area contributed by atoms with Gasteiger partial charge in [0.15, 0.2) is 16.6 Å². The van der Waals surface area contributed by atoms with Crippen LogP contribution in [-0.4, -0.2) is 33.2 Å². The molecule has 0 bridgehead atoms. The van der Waals surface area contributed by atoms with Crippen molar-refractivity contribution in [1.29, 1.82) is 0 Å². The van der Waals surface area contributed by atoms with E-state index in [4.69, 9.17) is 0 Å². The van der Waals surface area contributed by atoms with E-state index in [1.807, 2.05) is 27.2 Å². The summed E-state index contributed by atoms with van der Waals surface area (Å²) in [5.41, 5.74) is 1.55. The van der Waals surface area contributed by atoms with Gasteiger partial charge in [0.05, 0.1) is 6.33 Å². The lowest BCUT2D eigenvalue weighted by Crippen LogP contribution is -1.97. The van der Waals surface area contributed by atoms with E-state index in [1.54, 1.807) is 6.33 Å². The standard InChI is InChI=1S/C7H9N5S.C2H6/c1-8-5-4-6(10-3-9-4)12-7(11-5)13-2;1-2/h3H,1-2H3,(H2,8,9,10,11,12);1-2H3. The number of nitrogens with one attached hydrogen (secondary N) is 2. The van der Waals surface area contributed by atoms with Crippen LogP contribution in [0.3, 0.4) is 0 Å². The molecule has 0 fully saturated rings. The second-order valence-corrected chi connectivity index (χ2v) is 3.18. The zero-order valence-corrected chi connectivity index (χ0v) is 10.1. The fraction of sp³-hybridized carbons (Fsp3) is 0.444. The Bertz CT molecular complexity index is 425. The molecule has 0 radical (unpaired) electrons. The maximum Gasteiger partial charge on any atom is 0.191 e. The van der Waals surface area contributed by atoms with Gasteiger partial charge in [-0.05, 0) is 6.26 Å². The smallest absolute Gasteiger partial charge is 0.191 e. The molecule has 0 saturated heterocycles. The Morgan fingerprint density at radius 2 is 2.07 bits per heavy atom. The van der Waals surface area contributed by atoms with Crippen LogP contribution in [0, 0.1) is 0 Å². The first-order valence-electron chi connectivity index (χ1n) is 4.78. The highest BCUT2D eigenvalue weighted by Crippen LogP contribution is 2.19. The molecule has 2 N–H and O–H groups in total. The van der Waals surface area contributed by atoms with Gasteiger partial charge in [-0.2, -0.15) is 0 Å². The van der Waals surface area contributed by atoms with Crippen molar-refractivity contribution in [2.45, 2.75) is 19.0 Å². The topological polar surface area (TPSA) is 66.5 Å². The molecule has 2 aromatic heterocycles. The van der Waals surface area contributed by atoms with E-state index in [1.165, 1.54) is 11.8 Å². The van der Waals surface area contributed by atoms with Gasteiger partial charge in [0.25, 0.3) is 0 Å². The highest BCUT2D eigenvalue weighted by molar-refractivity contribution is 7.98. The highest BCUT2D eigenvalue weighted by Gasteiger charge is 2.06. The van der Waals surface area contributed by atoms with Crippen molar-refractivity contribution < 1.29 is 0 Å². The van der Waals surface area contributed by atoms with E-state index >= 15 is 0 Å². The summed E-state index contributed by atoms with van der Waals surface area (Å²) in [5, 5.41) is 3.72. The van der Waals surface area contributed by atoms with Crippen LogP contribution < -0.4 is 5.32 Å².